The third-order valence-corrected chi connectivity index (χ3v) is 6.60. The standard InChI is InChI=1S/C26H32N4O/c1-17-11-21-16-30(22-7-5-4-6-8-22)26(31)23(21)13-20(17)12-19-9-10-25(29-14-19)24(15-28-3)18(2)27/h9-11,13-15,22,27-28H,4-8,12,16H2,1-3H3/b24-15+,27-18?. The number of aryl methyl sites for hydroxylation is 1. The lowest BCUT2D eigenvalue weighted by Crippen LogP contribution is -2.36. The Hall–Kier alpha value is -2.95. The number of nitrogens with one attached hydrogen (secondary N) is 2. The zero-order valence-electron chi connectivity index (χ0n) is 18.8. The molecule has 4 rings (SSSR count). The first-order valence-electron chi connectivity index (χ1n) is 11.3. The van der Waals surface area contributed by atoms with Gasteiger partial charge in [-0.1, -0.05) is 31.4 Å². The average molecular weight is 417 g/mol. The number of nitrogens with zero attached hydrogens (tertiary/aromatic N) is 2. The molecule has 162 valence electrons. The van der Waals surface area contributed by atoms with Gasteiger partial charge < -0.3 is 15.6 Å². The molecular formula is C26H32N4O. The summed E-state index contributed by atoms with van der Waals surface area (Å²) in [5.41, 5.74) is 7.63. The fourth-order valence-corrected chi connectivity index (χ4v) is 4.86. The van der Waals surface area contributed by atoms with Crippen molar-refractivity contribution in [3.05, 3.63) is 70.2 Å². The minimum absolute atomic E-state index is 0.208. The molecule has 2 aliphatic rings. The predicted molar refractivity (Wildman–Crippen MR) is 125 cm³/mol. The van der Waals surface area contributed by atoms with Gasteiger partial charge in [0.25, 0.3) is 5.91 Å². The van der Waals surface area contributed by atoms with Crippen LogP contribution < -0.4 is 5.32 Å². The quantitative estimate of drug-likeness (QED) is 0.660. The molecule has 0 radical (unpaired) electrons. The maximum atomic E-state index is 13.1. The van der Waals surface area contributed by atoms with Gasteiger partial charge in [-0.25, -0.2) is 0 Å². The van der Waals surface area contributed by atoms with Gasteiger partial charge in [-0.3, -0.25) is 9.78 Å². The fraction of sp³-hybridized carbons (Fsp3) is 0.423. The molecule has 1 amide bonds. The number of fused-ring (bicyclic) bond motifs is 1. The molecule has 1 aromatic heterocycles. The van der Waals surface area contributed by atoms with Crippen molar-refractivity contribution in [2.45, 2.75) is 65.0 Å². The molecule has 2 N–H and O–H groups in total. The maximum Gasteiger partial charge on any atom is 0.254 e. The highest BCUT2D eigenvalue weighted by atomic mass is 16.2. The number of carbonyl (C=O) groups is 1. The SMILES string of the molecule is CN/C=C(\C(C)=N)c1ccc(Cc2cc3c(cc2C)CN(C2CCCCC2)C3=O)cn1. The molecule has 1 aliphatic heterocycles. The monoisotopic (exact) mass is 416 g/mol. The van der Waals surface area contributed by atoms with Gasteiger partial charge in [0.1, 0.15) is 0 Å². The van der Waals surface area contributed by atoms with Crippen molar-refractivity contribution in [1.29, 1.82) is 5.41 Å². The molecule has 1 aliphatic carbocycles. The van der Waals surface area contributed by atoms with Crippen molar-refractivity contribution in [2.75, 3.05) is 7.05 Å². The van der Waals surface area contributed by atoms with Gasteiger partial charge in [0, 0.05) is 48.9 Å². The first-order valence-corrected chi connectivity index (χ1v) is 11.3. The van der Waals surface area contributed by atoms with E-state index in [1.54, 1.807) is 13.1 Å². The summed E-state index contributed by atoms with van der Waals surface area (Å²) >= 11 is 0. The highest BCUT2D eigenvalue weighted by Gasteiger charge is 2.33. The molecule has 1 saturated carbocycles. The van der Waals surface area contributed by atoms with Crippen molar-refractivity contribution in [1.82, 2.24) is 15.2 Å². The summed E-state index contributed by atoms with van der Waals surface area (Å²) in [7, 11) is 1.82. The van der Waals surface area contributed by atoms with Crippen molar-refractivity contribution in [3.63, 3.8) is 0 Å². The Bertz CT molecular complexity index is 1020. The molecule has 0 spiro atoms. The number of hydrogen-bond donors (Lipinski definition) is 2. The Kier molecular flexibility index (Phi) is 6.21. The topological polar surface area (TPSA) is 69.1 Å². The number of benzene rings is 1. The van der Waals surface area contributed by atoms with Crippen LogP contribution in [0.15, 0.2) is 36.7 Å². The van der Waals surface area contributed by atoms with Gasteiger partial charge in [-0.2, -0.15) is 0 Å². The Morgan fingerprint density at radius 2 is 2.03 bits per heavy atom. The van der Waals surface area contributed by atoms with E-state index in [9.17, 15) is 4.79 Å². The zero-order valence-corrected chi connectivity index (χ0v) is 18.8. The summed E-state index contributed by atoms with van der Waals surface area (Å²) in [5, 5.41) is 10.9. The lowest BCUT2D eigenvalue weighted by atomic mass is 9.94. The Balaban J connectivity index is 1.53. The van der Waals surface area contributed by atoms with Crippen LogP contribution in [0.1, 0.15) is 77.3 Å². The zero-order chi connectivity index (χ0) is 22.0. The third kappa shape index (κ3) is 4.41. The van der Waals surface area contributed by atoms with E-state index >= 15 is 0 Å². The lowest BCUT2D eigenvalue weighted by molar-refractivity contribution is 0.0660. The van der Waals surface area contributed by atoms with E-state index in [1.165, 1.54) is 36.0 Å². The van der Waals surface area contributed by atoms with E-state index in [0.717, 1.165) is 48.2 Å². The van der Waals surface area contributed by atoms with Crippen LogP contribution >= 0.6 is 0 Å². The minimum atomic E-state index is 0.208. The van der Waals surface area contributed by atoms with Gasteiger partial charge in [0.2, 0.25) is 0 Å². The highest BCUT2D eigenvalue weighted by molar-refractivity contribution is 6.20. The van der Waals surface area contributed by atoms with E-state index in [4.69, 9.17) is 5.41 Å². The molecule has 5 heteroatoms. The van der Waals surface area contributed by atoms with Crippen LogP contribution in [0.5, 0.6) is 0 Å². The number of pyridine rings is 1. The first kappa shape index (κ1) is 21.3. The normalized spacial score (nSPS) is 17.1. The molecular weight excluding hydrogens is 384 g/mol. The molecule has 0 atom stereocenters. The minimum Gasteiger partial charge on any atom is -0.393 e. The molecule has 0 saturated heterocycles. The van der Waals surface area contributed by atoms with Crippen molar-refractivity contribution in [2.24, 2.45) is 0 Å². The van der Waals surface area contributed by atoms with Gasteiger partial charge >= 0.3 is 0 Å². The summed E-state index contributed by atoms with van der Waals surface area (Å²) < 4.78 is 0. The van der Waals surface area contributed by atoms with Gasteiger partial charge in [0.15, 0.2) is 0 Å². The molecule has 2 heterocycles. The number of aromatic nitrogens is 1. The number of amides is 1. The summed E-state index contributed by atoms with van der Waals surface area (Å²) in [6, 6.07) is 8.76. The number of hydrogen-bond acceptors (Lipinski definition) is 4. The van der Waals surface area contributed by atoms with Crippen LogP contribution in [-0.2, 0) is 13.0 Å². The molecule has 31 heavy (non-hydrogen) atoms. The maximum absolute atomic E-state index is 13.1. The van der Waals surface area contributed by atoms with E-state index < -0.39 is 0 Å². The van der Waals surface area contributed by atoms with Crippen molar-refractivity contribution < 1.29 is 4.79 Å². The Morgan fingerprint density at radius 3 is 2.68 bits per heavy atom. The molecule has 1 aromatic carbocycles. The van der Waals surface area contributed by atoms with E-state index in [0.29, 0.717) is 11.8 Å². The Labute approximate surface area is 185 Å². The largest absolute Gasteiger partial charge is 0.393 e. The summed E-state index contributed by atoms with van der Waals surface area (Å²) in [5.74, 6) is 0.208. The molecule has 1 fully saturated rings. The van der Waals surface area contributed by atoms with Gasteiger partial charge in [-0.15, -0.1) is 0 Å². The summed E-state index contributed by atoms with van der Waals surface area (Å²) in [6.07, 6.45) is 10.5. The predicted octanol–water partition coefficient (Wildman–Crippen LogP) is 4.87. The lowest BCUT2D eigenvalue weighted by Gasteiger charge is -2.30. The summed E-state index contributed by atoms with van der Waals surface area (Å²) in [4.78, 5) is 19.8. The highest BCUT2D eigenvalue weighted by Crippen LogP contribution is 2.33. The van der Waals surface area contributed by atoms with Crippen LogP contribution in [0, 0.1) is 12.3 Å². The van der Waals surface area contributed by atoms with Crippen molar-refractivity contribution in [3.8, 4) is 0 Å². The molecule has 0 unspecified atom stereocenters. The number of allylic oxidation sites excluding steroid dienone is 1. The van der Waals surface area contributed by atoms with E-state index in [-0.39, 0.29) is 5.91 Å². The molecule has 0 bridgehead atoms. The van der Waals surface area contributed by atoms with E-state index in [2.05, 4.69) is 40.3 Å². The molecule has 2 aromatic rings. The van der Waals surface area contributed by atoms with Crippen LogP contribution in [-0.4, -0.2) is 34.6 Å². The van der Waals surface area contributed by atoms with Crippen LogP contribution in [0.3, 0.4) is 0 Å². The van der Waals surface area contributed by atoms with Gasteiger partial charge in [0.05, 0.1) is 5.69 Å². The Morgan fingerprint density at radius 1 is 1.26 bits per heavy atom. The second kappa shape index (κ2) is 9.04. The average Bonchev–Trinajstić information content (AvgIpc) is 3.09. The number of carbonyl (C=O) groups excluding carboxylic acids is 1. The van der Waals surface area contributed by atoms with E-state index in [1.807, 2.05) is 19.3 Å². The van der Waals surface area contributed by atoms with Crippen LogP contribution in [0.2, 0.25) is 0 Å². The van der Waals surface area contributed by atoms with Crippen molar-refractivity contribution >= 4 is 17.2 Å². The van der Waals surface area contributed by atoms with Crippen LogP contribution in [0.25, 0.3) is 5.57 Å². The fourth-order valence-electron chi connectivity index (χ4n) is 4.86. The first-order chi connectivity index (χ1) is 15.0. The second-order valence-electron chi connectivity index (χ2n) is 8.86. The smallest absolute Gasteiger partial charge is 0.254 e. The summed E-state index contributed by atoms with van der Waals surface area (Å²) in [6.45, 7) is 4.66. The molecule has 5 nitrogen and oxygen atoms in total. The third-order valence-electron chi connectivity index (χ3n) is 6.60. The van der Waals surface area contributed by atoms with Gasteiger partial charge in [-0.05, 0) is 67.5 Å². The number of rotatable bonds is 6. The second-order valence-corrected chi connectivity index (χ2v) is 8.86. The van der Waals surface area contributed by atoms with Crippen LogP contribution in [0.4, 0.5) is 0 Å².